The summed E-state index contributed by atoms with van der Waals surface area (Å²) in [5.41, 5.74) is 3.96. The highest BCUT2D eigenvalue weighted by atomic mass is 15.0. The highest BCUT2D eigenvalue weighted by Gasteiger charge is 2.39. The Hall–Kier alpha value is -0.820. The molecule has 1 nitrogen and oxygen atoms in total. The van der Waals surface area contributed by atoms with E-state index >= 15 is 0 Å². The first-order chi connectivity index (χ1) is 9.00. The molecule has 1 N–H and O–H groups in total. The number of benzene rings is 1. The molecular weight excluding hydrogens is 230 g/mol. The molecule has 0 radical (unpaired) electrons. The molecule has 0 heterocycles. The Morgan fingerprint density at radius 1 is 1.11 bits per heavy atom. The molecule has 0 spiro atoms. The minimum Gasteiger partial charge on any atom is -0.309 e. The van der Waals surface area contributed by atoms with Gasteiger partial charge in [0, 0.05) is 12.6 Å². The normalized spacial score (nSPS) is 27.4. The highest BCUT2D eigenvalue weighted by Crippen LogP contribution is 2.46. The molecule has 0 bridgehead atoms. The second-order valence-corrected chi connectivity index (χ2v) is 7.70. The molecule has 104 valence electrons. The van der Waals surface area contributed by atoms with Crippen molar-refractivity contribution in [3.05, 3.63) is 35.4 Å². The third-order valence-electron chi connectivity index (χ3n) is 5.34. The summed E-state index contributed by atoms with van der Waals surface area (Å²) in [6, 6.07) is 9.51. The fourth-order valence-electron chi connectivity index (χ4n) is 4.13. The Morgan fingerprint density at radius 3 is 2.53 bits per heavy atom. The highest BCUT2D eigenvalue weighted by molar-refractivity contribution is 5.37. The van der Waals surface area contributed by atoms with Crippen LogP contribution in [0.2, 0.25) is 0 Å². The van der Waals surface area contributed by atoms with Crippen LogP contribution in [0, 0.1) is 10.8 Å². The Balaban J connectivity index is 1.76. The Kier molecular flexibility index (Phi) is 3.21. The first-order valence-corrected chi connectivity index (χ1v) is 7.81. The van der Waals surface area contributed by atoms with Gasteiger partial charge in [0.15, 0.2) is 0 Å². The Labute approximate surface area is 117 Å². The van der Waals surface area contributed by atoms with Gasteiger partial charge in [-0.25, -0.2) is 0 Å². The molecule has 1 unspecified atom stereocenters. The van der Waals surface area contributed by atoms with Crippen LogP contribution in [0.5, 0.6) is 0 Å². The average Bonchev–Trinajstić information content (AvgIpc) is 2.88. The molecule has 1 atom stereocenters. The van der Waals surface area contributed by atoms with E-state index in [0.717, 1.165) is 0 Å². The predicted molar refractivity (Wildman–Crippen MR) is 81.2 cm³/mol. The van der Waals surface area contributed by atoms with Crippen LogP contribution in [0.3, 0.4) is 0 Å². The van der Waals surface area contributed by atoms with Crippen LogP contribution in [0.4, 0.5) is 0 Å². The van der Waals surface area contributed by atoms with E-state index in [2.05, 4.69) is 50.4 Å². The molecule has 2 aliphatic rings. The molecule has 1 aromatic rings. The first kappa shape index (κ1) is 13.2. The van der Waals surface area contributed by atoms with Gasteiger partial charge in [-0.2, -0.15) is 0 Å². The smallest absolute Gasteiger partial charge is 0.0377 e. The zero-order valence-corrected chi connectivity index (χ0v) is 12.6. The summed E-state index contributed by atoms with van der Waals surface area (Å²) in [5, 5.41) is 3.91. The lowest BCUT2D eigenvalue weighted by molar-refractivity contribution is 0.224. The molecule has 1 saturated carbocycles. The summed E-state index contributed by atoms with van der Waals surface area (Å²) in [7, 11) is 0. The Bertz CT molecular complexity index is 455. The van der Waals surface area contributed by atoms with Crippen molar-refractivity contribution in [2.24, 2.45) is 10.8 Å². The van der Waals surface area contributed by atoms with Gasteiger partial charge in [-0.3, -0.25) is 0 Å². The van der Waals surface area contributed by atoms with Crippen LogP contribution >= 0.6 is 0 Å². The monoisotopic (exact) mass is 257 g/mol. The molecule has 0 aliphatic heterocycles. The Morgan fingerprint density at radius 2 is 1.79 bits per heavy atom. The molecule has 1 heteroatoms. The second kappa shape index (κ2) is 4.63. The third-order valence-corrected chi connectivity index (χ3v) is 5.34. The van der Waals surface area contributed by atoms with E-state index in [4.69, 9.17) is 0 Å². The van der Waals surface area contributed by atoms with Crippen molar-refractivity contribution < 1.29 is 0 Å². The molecular formula is C18H27N. The molecule has 0 amide bonds. The van der Waals surface area contributed by atoms with Gasteiger partial charge < -0.3 is 5.32 Å². The van der Waals surface area contributed by atoms with Crippen LogP contribution in [-0.4, -0.2) is 6.54 Å². The average molecular weight is 257 g/mol. The maximum Gasteiger partial charge on any atom is 0.0377 e. The third kappa shape index (κ3) is 2.45. The van der Waals surface area contributed by atoms with E-state index in [1.807, 2.05) is 0 Å². The van der Waals surface area contributed by atoms with Crippen molar-refractivity contribution in [3.63, 3.8) is 0 Å². The van der Waals surface area contributed by atoms with Gasteiger partial charge in [-0.15, -0.1) is 0 Å². The van der Waals surface area contributed by atoms with E-state index in [1.165, 1.54) is 44.2 Å². The van der Waals surface area contributed by atoms with Crippen LogP contribution in [-0.2, 0) is 6.42 Å². The number of hydrogen-bond acceptors (Lipinski definition) is 1. The topological polar surface area (TPSA) is 12.0 Å². The summed E-state index contributed by atoms with van der Waals surface area (Å²) in [6.07, 6.45) is 6.84. The zero-order valence-electron chi connectivity index (χ0n) is 12.6. The molecule has 1 fully saturated rings. The van der Waals surface area contributed by atoms with E-state index < -0.39 is 0 Å². The van der Waals surface area contributed by atoms with Gasteiger partial charge >= 0.3 is 0 Å². The van der Waals surface area contributed by atoms with E-state index in [0.29, 0.717) is 16.9 Å². The lowest BCUT2D eigenvalue weighted by Gasteiger charge is -2.33. The molecule has 3 rings (SSSR count). The largest absolute Gasteiger partial charge is 0.309 e. The van der Waals surface area contributed by atoms with Crippen molar-refractivity contribution in [1.82, 2.24) is 5.32 Å². The minimum absolute atomic E-state index is 0.346. The van der Waals surface area contributed by atoms with E-state index in [1.54, 1.807) is 5.56 Å². The number of rotatable bonds is 3. The van der Waals surface area contributed by atoms with Crippen molar-refractivity contribution in [2.45, 2.75) is 58.9 Å². The fourth-order valence-corrected chi connectivity index (χ4v) is 4.13. The summed E-state index contributed by atoms with van der Waals surface area (Å²) in [5.74, 6) is 0. The molecule has 19 heavy (non-hydrogen) atoms. The van der Waals surface area contributed by atoms with Gasteiger partial charge in [-0.1, -0.05) is 57.9 Å². The number of fused-ring (bicyclic) bond motifs is 1. The maximum atomic E-state index is 3.91. The lowest BCUT2D eigenvalue weighted by atomic mass is 9.83. The van der Waals surface area contributed by atoms with Gasteiger partial charge in [0.25, 0.3) is 0 Å². The van der Waals surface area contributed by atoms with Gasteiger partial charge in [0.2, 0.25) is 0 Å². The molecule has 0 saturated heterocycles. The minimum atomic E-state index is 0.346. The summed E-state index contributed by atoms with van der Waals surface area (Å²) >= 11 is 0. The molecule has 0 aromatic heterocycles. The standard InChI is InChI=1S/C18H27N/c1-17(2)12-14-8-4-5-9-15(14)16(17)19-13-18(3)10-6-7-11-18/h4-5,8-9,16,19H,6-7,10-13H2,1-3H3. The fraction of sp³-hybridized carbons (Fsp3) is 0.667. The second-order valence-electron chi connectivity index (χ2n) is 7.70. The van der Waals surface area contributed by atoms with Crippen LogP contribution in [0.1, 0.15) is 63.6 Å². The quantitative estimate of drug-likeness (QED) is 0.842. The van der Waals surface area contributed by atoms with Crippen molar-refractivity contribution in [1.29, 1.82) is 0 Å². The summed E-state index contributed by atoms with van der Waals surface area (Å²) in [4.78, 5) is 0. The number of nitrogens with one attached hydrogen (secondary N) is 1. The van der Waals surface area contributed by atoms with Crippen molar-refractivity contribution in [3.8, 4) is 0 Å². The van der Waals surface area contributed by atoms with Crippen LogP contribution in [0.25, 0.3) is 0 Å². The summed E-state index contributed by atoms with van der Waals surface area (Å²) in [6.45, 7) is 8.44. The van der Waals surface area contributed by atoms with Crippen LogP contribution < -0.4 is 5.32 Å². The van der Waals surface area contributed by atoms with Crippen molar-refractivity contribution >= 4 is 0 Å². The van der Waals surface area contributed by atoms with Crippen LogP contribution in [0.15, 0.2) is 24.3 Å². The van der Waals surface area contributed by atoms with Crippen molar-refractivity contribution in [2.75, 3.05) is 6.54 Å². The first-order valence-electron chi connectivity index (χ1n) is 7.81. The van der Waals surface area contributed by atoms with E-state index in [-0.39, 0.29) is 0 Å². The van der Waals surface area contributed by atoms with Gasteiger partial charge in [-0.05, 0) is 41.2 Å². The summed E-state index contributed by atoms with van der Waals surface area (Å²) < 4.78 is 0. The zero-order chi connectivity index (χ0) is 13.5. The van der Waals surface area contributed by atoms with Gasteiger partial charge in [0.05, 0.1) is 0 Å². The molecule has 1 aromatic carbocycles. The maximum absolute atomic E-state index is 3.91. The SMILES string of the molecule is CC1(CNC2c3ccccc3CC2(C)C)CCCC1. The lowest BCUT2D eigenvalue weighted by Crippen LogP contribution is -2.37. The van der Waals surface area contributed by atoms with Gasteiger partial charge in [0.1, 0.15) is 0 Å². The molecule has 2 aliphatic carbocycles. The van der Waals surface area contributed by atoms with E-state index in [9.17, 15) is 0 Å². The predicted octanol–water partition coefficient (Wildman–Crippen LogP) is 4.48. The number of hydrogen-bond donors (Lipinski definition) is 1.